The van der Waals surface area contributed by atoms with Crippen molar-refractivity contribution in [2.24, 2.45) is 0 Å². The number of rotatable bonds is 5. The summed E-state index contributed by atoms with van der Waals surface area (Å²) < 4.78 is 10.7. The Bertz CT molecular complexity index is 606. The van der Waals surface area contributed by atoms with Crippen molar-refractivity contribution >= 4 is 22.8 Å². The number of methoxy groups -OCH3 is 1. The van der Waals surface area contributed by atoms with Crippen LogP contribution in [0.2, 0.25) is 0 Å². The second kappa shape index (κ2) is 4.85. The van der Waals surface area contributed by atoms with Crippen LogP contribution in [-0.4, -0.2) is 29.2 Å². The van der Waals surface area contributed by atoms with Gasteiger partial charge in [0.25, 0.3) is 11.7 Å². The molecule has 2 aromatic rings. The summed E-state index contributed by atoms with van der Waals surface area (Å²) in [5.41, 5.74) is 0.171. The van der Waals surface area contributed by atoms with Crippen molar-refractivity contribution in [3.05, 3.63) is 28.3 Å². The number of hydrogen-bond donors (Lipinski definition) is 1. The highest BCUT2D eigenvalue weighted by Gasteiger charge is 2.20. The van der Waals surface area contributed by atoms with E-state index in [-0.39, 0.29) is 22.8 Å². The number of ether oxygens (including phenoxy) is 1. The molecule has 19 heavy (non-hydrogen) atoms. The van der Waals surface area contributed by atoms with Crippen LogP contribution >= 0.6 is 0 Å². The Morgan fingerprint density at radius 2 is 2.26 bits per heavy atom. The maximum absolute atomic E-state index is 10.9. The Labute approximate surface area is 109 Å². The van der Waals surface area contributed by atoms with E-state index in [1.54, 1.807) is 19.2 Å². The molecule has 102 valence electrons. The van der Waals surface area contributed by atoms with Crippen LogP contribution in [0.15, 0.2) is 22.6 Å². The summed E-state index contributed by atoms with van der Waals surface area (Å²) in [6.45, 7) is 4.29. The first-order chi connectivity index (χ1) is 8.93. The Hall–Kier alpha value is -2.15. The number of nitro benzene ring substituents is 1. The van der Waals surface area contributed by atoms with Crippen LogP contribution in [0.25, 0.3) is 11.1 Å². The molecule has 0 aliphatic carbocycles. The number of nitrogens with one attached hydrogen (secondary N) is 1. The quantitative estimate of drug-likeness (QED) is 0.660. The van der Waals surface area contributed by atoms with E-state index >= 15 is 0 Å². The molecule has 7 heteroatoms. The predicted molar refractivity (Wildman–Crippen MR) is 70.2 cm³/mol. The van der Waals surface area contributed by atoms with Crippen molar-refractivity contribution < 1.29 is 14.1 Å². The molecular formula is C12H15N3O4. The molecule has 0 saturated carbocycles. The lowest BCUT2D eigenvalue weighted by Gasteiger charge is -2.22. The van der Waals surface area contributed by atoms with E-state index in [1.165, 1.54) is 6.07 Å². The van der Waals surface area contributed by atoms with Gasteiger partial charge in [-0.25, -0.2) is 0 Å². The fourth-order valence-corrected chi connectivity index (χ4v) is 1.52. The summed E-state index contributed by atoms with van der Waals surface area (Å²) in [6.07, 6.45) is 0. The number of aromatic nitrogens is 1. The van der Waals surface area contributed by atoms with Gasteiger partial charge in [-0.15, -0.1) is 0 Å². The molecule has 0 atom stereocenters. The maximum atomic E-state index is 10.9. The van der Waals surface area contributed by atoms with Gasteiger partial charge in [-0.2, -0.15) is 4.98 Å². The molecule has 0 saturated heterocycles. The first-order valence-electron chi connectivity index (χ1n) is 5.76. The molecule has 2 rings (SSSR count). The number of non-ortho nitro benzene ring substituents is 1. The van der Waals surface area contributed by atoms with Crippen LogP contribution < -0.4 is 5.32 Å². The number of nitrogens with zero attached hydrogens (tertiary/aromatic N) is 2. The fraction of sp³-hybridized carbons (Fsp3) is 0.417. The molecule has 0 radical (unpaired) electrons. The molecule has 0 bridgehead atoms. The van der Waals surface area contributed by atoms with Crippen molar-refractivity contribution in [1.82, 2.24) is 4.98 Å². The number of anilines is 1. The SMILES string of the molecule is COC(C)(C)CNc1nc2c([N+](=O)[O-])cccc2o1. The van der Waals surface area contributed by atoms with E-state index in [0.29, 0.717) is 12.1 Å². The largest absolute Gasteiger partial charge is 0.423 e. The van der Waals surface area contributed by atoms with Crippen molar-refractivity contribution in [3.8, 4) is 0 Å². The van der Waals surface area contributed by atoms with Gasteiger partial charge in [-0.05, 0) is 19.9 Å². The Morgan fingerprint density at radius 1 is 1.53 bits per heavy atom. The minimum absolute atomic E-state index is 0.0692. The standard InChI is InChI=1S/C12H15N3O4/c1-12(2,18-3)7-13-11-14-10-8(15(16)17)5-4-6-9(10)19-11/h4-6H,7H2,1-3H3,(H,13,14). The van der Waals surface area contributed by atoms with Gasteiger partial charge in [0.1, 0.15) is 0 Å². The van der Waals surface area contributed by atoms with Crippen LogP contribution in [0.1, 0.15) is 13.8 Å². The number of para-hydroxylation sites is 1. The average molecular weight is 265 g/mol. The maximum Gasteiger partial charge on any atom is 0.298 e. The number of benzene rings is 1. The molecule has 7 nitrogen and oxygen atoms in total. The minimum Gasteiger partial charge on any atom is -0.423 e. The highest BCUT2D eigenvalue weighted by molar-refractivity contribution is 5.83. The number of nitro groups is 1. The van der Waals surface area contributed by atoms with Crippen molar-refractivity contribution in [2.45, 2.75) is 19.4 Å². The average Bonchev–Trinajstić information content (AvgIpc) is 2.79. The molecule has 1 aromatic heterocycles. The topological polar surface area (TPSA) is 90.4 Å². The summed E-state index contributed by atoms with van der Waals surface area (Å²) in [7, 11) is 1.61. The third-order valence-electron chi connectivity index (χ3n) is 2.81. The molecule has 0 spiro atoms. The van der Waals surface area contributed by atoms with Gasteiger partial charge < -0.3 is 14.5 Å². The number of hydrogen-bond acceptors (Lipinski definition) is 6. The molecule has 0 aliphatic rings. The minimum atomic E-state index is -0.478. The smallest absolute Gasteiger partial charge is 0.298 e. The molecule has 0 amide bonds. The lowest BCUT2D eigenvalue weighted by Crippen LogP contribution is -2.32. The van der Waals surface area contributed by atoms with Crippen molar-refractivity contribution in [2.75, 3.05) is 19.0 Å². The monoisotopic (exact) mass is 265 g/mol. The third kappa shape index (κ3) is 2.82. The van der Waals surface area contributed by atoms with E-state index < -0.39 is 4.92 Å². The first-order valence-corrected chi connectivity index (χ1v) is 5.76. The van der Waals surface area contributed by atoms with Crippen molar-refractivity contribution in [1.29, 1.82) is 0 Å². The van der Waals surface area contributed by atoms with E-state index in [9.17, 15) is 10.1 Å². The van der Waals surface area contributed by atoms with Gasteiger partial charge in [0.05, 0.1) is 10.5 Å². The predicted octanol–water partition coefficient (Wildman–Crippen LogP) is 2.57. The highest BCUT2D eigenvalue weighted by atomic mass is 16.6. The second-order valence-corrected chi connectivity index (χ2v) is 4.72. The van der Waals surface area contributed by atoms with Gasteiger partial charge in [-0.3, -0.25) is 10.1 Å². The third-order valence-corrected chi connectivity index (χ3v) is 2.81. The van der Waals surface area contributed by atoms with Crippen molar-refractivity contribution in [3.63, 3.8) is 0 Å². The summed E-state index contributed by atoms with van der Waals surface area (Å²) in [5.74, 6) is 0. The van der Waals surface area contributed by atoms with E-state index in [0.717, 1.165) is 0 Å². The van der Waals surface area contributed by atoms with E-state index in [1.807, 2.05) is 13.8 Å². The molecule has 1 N–H and O–H groups in total. The molecular weight excluding hydrogens is 250 g/mol. The van der Waals surface area contributed by atoms with Crippen LogP contribution in [-0.2, 0) is 4.74 Å². The van der Waals surface area contributed by atoms with Crippen LogP contribution in [0, 0.1) is 10.1 Å². The summed E-state index contributed by atoms with van der Waals surface area (Å²) >= 11 is 0. The lowest BCUT2D eigenvalue weighted by molar-refractivity contribution is -0.383. The zero-order valence-electron chi connectivity index (χ0n) is 11.0. The second-order valence-electron chi connectivity index (χ2n) is 4.72. The van der Waals surface area contributed by atoms with Gasteiger partial charge in [0, 0.05) is 19.7 Å². The summed E-state index contributed by atoms with van der Waals surface area (Å²) in [6, 6.07) is 4.85. The Kier molecular flexibility index (Phi) is 3.39. The molecule has 0 unspecified atom stereocenters. The van der Waals surface area contributed by atoms with Crippen LogP contribution in [0.4, 0.5) is 11.7 Å². The normalized spacial score (nSPS) is 11.7. The summed E-state index contributed by atoms with van der Waals surface area (Å²) in [5, 5.41) is 13.8. The van der Waals surface area contributed by atoms with Crippen LogP contribution in [0.3, 0.4) is 0 Å². The van der Waals surface area contributed by atoms with Crippen LogP contribution in [0.5, 0.6) is 0 Å². The van der Waals surface area contributed by atoms with Gasteiger partial charge >= 0.3 is 0 Å². The fourth-order valence-electron chi connectivity index (χ4n) is 1.52. The molecule has 0 aliphatic heterocycles. The van der Waals surface area contributed by atoms with Gasteiger partial charge in [-0.1, -0.05) is 6.07 Å². The zero-order valence-corrected chi connectivity index (χ0v) is 11.0. The Balaban J connectivity index is 2.27. The van der Waals surface area contributed by atoms with E-state index in [2.05, 4.69) is 10.3 Å². The number of fused-ring (bicyclic) bond motifs is 1. The zero-order chi connectivity index (χ0) is 14.0. The summed E-state index contributed by atoms with van der Waals surface area (Å²) in [4.78, 5) is 14.5. The van der Waals surface area contributed by atoms with Gasteiger partial charge in [0.2, 0.25) is 0 Å². The van der Waals surface area contributed by atoms with Gasteiger partial charge in [0.15, 0.2) is 11.1 Å². The molecule has 0 fully saturated rings. The van der Waals surface area contributed by atoms with E-state index in [4.69, 9.17) is 9.15 Å². The Morgan fingerprint density at radius 3 is 2.89 bits per heavy atom. The lowest BCUT2D eigenvalue weighted by atomic mass is 10.1. The first kappa shape index (κ1) is 13.3. The molecule has 1 heterocycles. The molecule has 1 aromatic carbocycles. The highest BCUT2D eigenvalue weighted by Crippen LogP contribution is 2.27. The number of oxazole rings is 1.